The monoisotopic (exact) mass is 508 g/mol. The van der Waals surface area contributed by atoms with Gasteiger partial charge in [-0.15, -0.1) is 0 Å². The Bertz CT molecular complexity index is 1360. The number of aromatic nitrogens is 2. The summed E-state index contributed by atoms with van der Waals surface area (Å²) in [4.78, 5) is 25.0. The Kier molecular flexibility index (Phi) is 6.62. The molecular formula is C31H36N6O. The number of hydrogen-bond donors (Lipinski definition) is 3. The number of hydrogen-bond acceptors (Lipinski definition) is 6. The summed E-state index contributed by atoms with van der Waals surface area (Å²) in [7, 11) is 0. The largest absolute Gasteiger partial charge is 0.381 e. The molecule has 3 N–H and O–H groups in total. The lowest BCUT2D eigenvalue weighted by atomic mass is 9.87. The fourth-order valence-electron chi connectivity index (χ4n) is 5.49. The SMILES string of the molecule is CC[C@@H](C)Nc1ccc(NC(=O)C2=CNC3(CC3)c3ccc(-c4cncc(CN5CCCC5)c4)cc32)cn1. The van der Waals surface area contributed by atoms with Gasteiger partial charge in [-0.05, 0) is 98.6 Å². The number of carbonyl (C=O) groups is 1. The zero-order valence-corrected chi connectivity index (χ0v) is 22.3. The van der Waals surface area contributed by atoms with Crippen molar-refractivity contribution in [3.63, 3.8) is 0 Å². The number of nitrogens with zero attached hydrogens (tertiary/aromatic N) is 3. The summed E-state index contributed by atoms with van der Waals surface area (Å²) in [6.07, 6.45) is 13.2. The van der Waals surface area contributed by atoms with Gasteiger partial charge < -0.3 is 16.0 Å². The molecule has 1 saturated carbocycles. The van der Waals surface area contributed by atoms with E-state index in [9.17, 15) is 4.79 Å². The van der Waals surface area contributed by atoms with Crippen LogP contribution in [0.15, 0.2) is 61.2 Å². The fourth-order valence-corrected chi connectivity index (χ4v) is 5.49. The van der Waals surface area contributed by atoms with Gasteiger partial charge in [0, 0.05) is 36.7 Å². The van der Waals surface area contributed by atoms with E-state index in [0.717, 1.165) is 61.4 Å². The van der Waals surface area contributed by atoms with Crippen LogP contribution in [0.2, 0.25) is 0 Å². The van der Waals surface area contributed by atoms with Crippen LogP contribution in [0, 0.1) is 0 Å². The minimum Gasteiger partial charge on any atom is -0.381 e. The predicted octanol–water partition coefficient (Wildman–Crippen LogP) is 5.52. The third-order valence-corrected chi connectivity index (χ3v) is 8.07. The lowest BCUT2D eigenvalue weighted by molar-refractivity contribution is -0.111. The van der Waals surface area contributed by atoms with Crippen molar-refractivity contribution in [3.05, 3.63) is 77.9 Å². The number of carbonyl (C=O) groups excluding carboxylic acids is 1. The first-order valence-electron chi connectivity index (χ1n) is 13.9. The van der Waals surface area contributed by atoms with E-state index < -0.39 is 0 Å². The highest BCUT2D eigenvalue weighted by Crippen LogP contribution is 2.50. The molecule has 3 aliphatic rings. The van der Waals surface area contributed by atoms with Crippen molar-refractivity contribution in [2.45, 2.75) is 64.1 Å². The lowest BCUT2D eigenvalue weighted by Gasteiger charge is -2.27. The molecule has 2 fully saturated rings. The summed E-state index contributed by atoms with van der Waals surface area (Å²) in [6, 6.07) is 12.9. The molecule has 1 saturated heterocycles. The molecule has 38 heavy (non-hydrogen) atoms. The van der Waals surface area contributed by atoms with Crippen molar-refractivity contribution in [2.75, 3.05) is 23.7 Å². The standard InChI is InChI=1S/C31H36N6O/c1-3-21(2)35-29-9-7-25(18-33-29)36-30(38)27-19-34-31(10-11-31)28-8-6-23(15-26(27)28)24-14-22(16-32-17-24)20-37-12-4-5-13-37/h6-9,14-19,21,34H,3-5,10-13,20H2,1-2H3,(H,33,35)(H,36,38)/t21-/m1/s1. The second-order valence-corrected chi connectivity index (χ2v) is 10.9. The van der Waals surface area contributed by atoms with Gasteiger partial charge in [-0.1, -0.05) is 19.1 Å². The summed E-state index contributed by atoms with van der Waals surface area (Å²) < 4.78 is 0. The highest BCUT2D eigenvalue weighted by Gasteiger charge is 2.47. The van der Waals surface area contributed by atoms with Gasteiger partial charge in [0.2, 0.25) is 0 Å². The number of nitrogens with one attached hydrogen (secondary N) is 3. The zero-order valence-electron chi connectivity index (χ0n) is 22.3. The molecule has 1 aromatic carbocycles. The van der Waals surface area contributed by atoms with E-state index in [1.165, 1.54) is 24.0 Å². The van der Waals surface area contributed by atoms with E-state index in [-0.39, 0.29) is 11.4 Å². The van der Waals surface area contributed by atoms with Gasteiger partial charge in [0.25, 0.3) is 5.91 Å². The van der Waals surface area contributed by atoms with Crippen LogP contribution in [0.1, 0.15) is 62.6 Å². The van der Waals surface area contributed by atoms with Gasteiger partial charge in [-0.2, -0.15) is 0 Å². The van der Waals surface area contributed by atoms with Crippen LogP contribution in [0.5, 0.6) is 0 Å². The average Bonchev–Trinajstić information content (AvgIpc) is 3.53. The number of fused-ring (bicyclic) bond motifs is 2. The maximum Gasteiger partial charge on any atom is 0.257 e. The van der Waals surface area contributed by atoms with Gasteiger partial charge in [-0.3, -0.25) is 14.7 Å². The summed E-state index contributed by atoms with van der Waals surface area (Å²) in [5, 5.41) is 9.93. The Morgan fingerprint density at radius 3 is 2.66 bits per heavy atom. The highest BCUT2D eigenvalue weighted by molar-refractivity contribution is 6.26. The summed E-state index contributed by atoms with van der Waals surface area (Å²) >= 11 is 0. The molecule has 0 unspecified atom stereocenters. The molecule has 3 aromatic rings. The Morgan fingerprint density at radius 2 is 1.92 bits per heavy atom. The van der Waals surface area contributed by atoms with Crippen LogP contribution in [-0.2, 0) is 16.9 Å². The first-order valence-corrected chi connectivity index (χ1v) is 13.9. The average molecular weight is 509 g/mol. The summed E-state index contributed by atoms with van der Waals surface area (Å²) in [5.41, 5.74) is 6.86. The Balaban J connectivity index is 1.24. The van der Waals surface area contributed by atoms with Gasteiger partial charge in [0.05, 0.1) is 23.0 Å². The molecule has 0 bridgehead atoms. The molecule has 1 atom stereocenters. The number of pyridine rings is 2. The first-order chi connectivity index (χ1) is 18.5. The van der Waals surface area contributed by atoms with Gasteiger partial charge in [-0.25, -0.2) is 4.98 Å². The molecule has 196 valence electrons. The number of likely N-dealkylation sites (tertiary alicyclic amines) is 1. The quantitative estimate of drug-likeness (QED) is 0.372. The summed E-state index contributed by atoms with van der Waals surface area (Å²) in [6.45, 7) is 7.52. The molecular weight excluding hydrogens is 472 g/mol. The summed E-state index contributed by atoms with van der Waals surface area (Å²) in [5.74, 6) is 0.666. The van der Waals surface area contributed by atoms with Gasteiger partial charge in [0.1, 0.15) is 5.82 Å². The van der Waals surface area contributed by atoms with E-state index in [4.69, 9.17) is 0 Å². The van der Waals surface area contributed by atoms with Gasteiger partial charge >= 0.3 is 0 Å². The second kappa shape index (κ2) is 10.2. The van der Waals surface area contributed by atoms with Crippen LogP contribution >= 0.6 is 0 Å². The normalized spacial score (nSPS) is 18.3. The van der Waals surface area contributed by atoms with Crippen LogP contribution in [-0.4, -0.2) is 39.9 Å². The number of rotatable bonds is 8. The number of amides is 1. The van der Waals surface area contributed by atoms with E-state index in [1.807, 2.05) is 30.7 Å². The molecule has 0 radical (unpaired) electrons. The Hall–Kier alpha value is -3.71. The molecule has 1 amide bonds. The number of benzene rings is 1. The van der Waals surface area contributed by atoms with Crippen LogP contribution in [0.25, 0.3) is 16.7 Å². The molecule has 7 heteroatoms. The smallest absolute Gasteiger partial charge is 0.257 e. The molecule has 2 aliphatic heterocycles. The van der Waals surface area contributed by atoms with Crippen molar-refractivity contribution in [3.8, 4) is 11.1 Å². The van der Waals surface area contributed by atoms with Crippen molar-refractivity contribution in [2.24, 2.45) is 0 Å². The predicted molar refractivity (Wildman–Crippen MR) is 152 cm³/mol. The van der Waals surface area contributed by atoms with E-state index in [0.29, 0.717) is 17.3 Å². The number of anilines is 2. The maximum absolute atomic E-state index is 13.5. The van der Waals surface area contributed by atoms with E-state index in [1.54, 1.807) is 6.20 Å². The lowest BCUT2D eigenvalue weighted by Crippen LogP contribution is -2.31. The van der Waals surface area contributed by atoms with Crippen molar-refractivity contribution >= 4 is 23.0 Å². The van der Waals surface area contributed by atoms with Crippen molar-refractivity contribution < 1.29 is 4.79 Å². The molecule has 1 spiro atoms. The molecule has 6 rings (SSSR count). The molecule has 7 nitrogen and oxygen atoms in total. The van der Waals surface area contributed by atoms with E-state index in [2.05, 4.69) is 68.9 Å². The maximum atomic E-state index is 13.5. The molecule has 1 aliphatic carbocycles. The minimum atomic E-state index is -0.142. The minimum absolute atomic E-state index is 0.0433. The second-order valence-electron chi connectivity index (χ2n) is 10.9. The van der Waals surface area contributed by atoms with Crippen LogP contribution < -0.4 is 16.0 Å². The Morgan fingerprint density at radius 1 is 1.08 bits per heavy atom. The van der Waals surface area contributed by atoms with Crippen LogP contribution in [0.4, 0.5) is 11.5 Å². The third kappa shape index (κ3) is 5.03. The zero-order chi connectivity index (χ0) is 26.1. The Labute approximate surface area is 224 Å². The topological polar surface area (TPSA) is 82.2 Å². The van der Waals surface area contributed by atoms with Crippen molar-refractivity contribution in [1.29, 1.82) is 0 Å². The first kappa shape index (κ1) is 24.6. The molecule has 2 aromatic heterocycles. The fraction of sp³-hybridized carbons (Fsp3) is 0.387. The highest BCUT2D eigenvalue weighted by atomic mass is 16.1. The third-order valence-electron chi connectivity index (χ3n) is 8.07. The van der Waals surface area contributed by atoms with E-state index >= 15 is 0 Å². The van der Waals surface area contributed by atoms with Gasteiger partial charge in [0.15, 0.2) is 0 Å². The van der Waals surface area contributed by atoms with Crippen molar-refractivity contribution in [1.82, 2.24) is 20.2 Å². The molecule has 4 heterocycles. The van der Waals surface area contributed by atoms with Crippen LogP contribution in [0.3, 0.4) is 0 Å².